The minimum Gasteiger partial charge on any atom is -0.504 e. The van der Waals surface area contributed by atoms with Crippen LogP contribution in [0.25, 0.3) is 0 Å². The molecule has 0 fully saturated rings. The van der Waals surface area contributed by atoms with E-state index < -0.39 is 6.04 Å². The van der Waals surface area contributed by atoms with Crippen molar-refractivity contribution in [3.8, 4) is 11.5 Å². The molecule has 0 saturated carbocycles. The summed E-state index contributed by atoms with van der Waals surface area (Å²) in [5.41, 5.74) is 3.74. The van der Waals surface area contributed by atoms with Crippen molar-refractivity contribution in [2.45, 2.75) is 23.9 Å². The molecule has 9 heteroatoms. The summed E-state index contributed by atoms with van der Waals surface area (Å²) in [5, 5.41) is 21.8. The lowest BCUT2D eigenvalue weighted by Crippen LogP contribution is -2.31. The standard InChI is InChI=1S/C27H25N5O3S/c1-17-23(25(34)29-20-11-7-4-8-12-20)24(19-13-14-21(33)22(15-19)35-2)32-26(28-17)30-27(31-32)36-16-18-9-5-3-6-10-18/h3-15,24,33H,16H2,1-2H3,(H,29,34)(H,28,30,31)/t24-/m1/s1. The number of amides is 1. The zero-order valence-corrected chi connectivity index (χ0v) is 20.6. The second kappa shape index (κ2) is 10.2. The number of methoxy groups -OCH3 is 1. The third kappa shape index (κ3) is 4.78. The Morgan fingerprint density at radius 3 is 2.56 bits per heavy atom. The number of phenolic OH excluding ortho intramolecular Hbond substituents is 1. The summed E-state index contributed by atoms with van der Waals surface area (Å²) in [4.78, 5) is 18.2. The highest BCUT2D eigenvalue weighted by molar-refractivity contribution is 7.98. The molecule has 1 aliphatic heterocycles. The second-order valence-electron chi connectivity index (χ2n) is 8.25. The number of aromatic nitrogens is 3. The van der Waals surface area contributed by atoms with E-state index >= 15 is 0 Å². The number of para-hydroxylation sites is 1. The Balaban J connectivity index is 1.53. The lowest BCUT2D eigenvalue weighted by molar-refractivity contribution is -0.113. The van der Waals surface area contributed by atoms with Gasteiger partial charge in [0.2, 0.25) is 11.1 Å². The quantitative estimate of drug-likeness (QED) is 0.300. The van der Waals surface area contributed by atoms with Gasteiger partial charge in [-0.3, -0.25) is 4.79 Å². The Bertz CT molecular complexity index is 1420. The topological polar surface area (TPSA) is 101 Å². The van der Waals surface area contributed by atoms with Gasteiger partial charge in [0, 0.05) is 17.1 Å². The van der Waals surface area contributed by atoms with Crippen LogP contribution in [-0.2, 0) is 10.5 Å². The van der Waals surface area contributed by atoms with E-state index in [2.05, 4.69) is 27.8 Å². The molecule has 0 spiro atoms. The van der Waals surface area contributed by atoms with Gasteiger partial charge in [-0.2, -0.15) is 4.98 Å². The van der Waals surface area contributed by atoms with Gasteiger partial charge < -0.3 is 20.5 Å². The van der Waals surface area contributed by atoms with Crippen molar-refractivity contribution < 1.29 is 14.6 Å². The van der Waals surface area contributed by atoms with Gasteiger partial charge in [-0.15, -0.1) is 5.10 Å². The number of anilines is 2. The average Bonchev–Trinajstić information content (AvgIpc) is 3.30. The first-order valence-electron chi connectivity index (χ1n) is 11.4. The van der Waals surface area contributed by atoms with Crippen LogP contribution in [-0.4, -0.2) is 32.9 Å². The van der Waals surface area contributed by atoms with Crippen molar-refractivity contribution in [1.82, 2.24) is 14.8 Å². The lowest BCUT2D eigenvalue weighted by atomic mass is 9.94. The van der Waals surface area contributed by atoms with E-state index in [9.17, 15) is 9.90 Å². The summed E-state index contributed by atoms with van der Waals surface area (Å²) in [7, 11) is 1.49. The van der Waals surface area contributed by atoms with Gasteiger partial charge in [-0.05, 0) is 42.3 Å². The van der Waals surface area contributed by atoms with E-state index in [1.807, 2.05) is 55.5 Å². The van der Waals surface area contributed by atoms with Crippen LogP contribution in [0.5, 0.6) is 11.5 Å². The minimum atomic E-state index is -0.585. The van der Waals surface area contributed by atoms with Crippen LogP contribution in [0.1, 0.15) is 24.1 Å². The van der Waals surface area contributed by atoms with Crippen LogP contribution in [0, 0.1) is 0 Å². The molecular weight excluding hydrogens is 474 g/mol. The maximum atomic E-state index is 13.6. The van der Waals surface area contributed by atoms with Crippen molar-refractivity contribution in [2.75, 3.05) is 17.7 Å². The smallest absolute Gasteiger partial charge is 0.255 e. The average molecular weight is 500 g/mol. The van der Waals surface area contributed by atoms with Crippen LogP contribution in [0.15, 0.2) is 95.3 Å². The fourth-order valence-electron chi connectivity index (χ4n) is 4.10. The number of nitrogens with zero attached hydrogens (tertiary/aromatic N) is 3. The van der Waals surface area contributed by atoms with Crippen molar-refractivity contribution in [3.63, 3.8) is 0 Å². The maximum absolute atomic E-state index is 13.6. The molecule has 1 atom stereocenters. The second-order valence-corrected chi connectivity index (χ2v) is 9.20. The Kier molecular flexibility index (Phi) is 6.64. The summed E-state index contributed by atoms with van der Waals surface area (Å²) in [6.45, 7) is 1.85. The van der Waals surface area contributed by atoms with Crippen molar-refractivity contribution in [3.05, 3.63) is 101 Å². The van der Waals surface area contributed by atoms with Crippen molar-refractivity contribution in [1.29, 1.82) is 0 Å². The molecule has 0 bridgehead atoms. The molecule has 0 saturated heterocycles. The molecule has 3 aromatic carbocycles. The molecule has 2 heterocycles. The molecule has 4 aromatic rings. The van der Waals surface area contributed by atoms with Gasteiger partial charge in [0.1, 0.15) is 6.04 Å². The number of hydrogen-bond donors (Lipinski definition) is 3. The van der Waals surface area contributed by atoms with Crippen molar-refractivity contribution in [2.24, 2.45) is 0 Å². The third-order valence-electron chi connectivity index (χ3n) is 5.84. The molecule has 0 aliphatic carbocycles. The number of rotatable bonds is 7. The van der Waals surface area contributed by atoms with E-state index in [1.54, 1.807) is 22.9 Å². The molecule has 1 aromatic heterocycles. The normalized spacial score (nSPS) is 14.7. The number of carbonyl (C=O) groups is 1. The number of aromatic hydroxyl groups is 1. The molecule has 3 N–H and O–H groups in total. The van der Waals surface area contributed by atoms with E-state index in [4.69, 9.17) is 9.84 Å². The predicted octanol–water partition coefficient (Wildman–Crippen LogP) is 5.21. The summed E-state index contributed by atoms with van der Waals surface area (Å²) in [5.74, 6) is 1.32. The van der Waals surface area contributed by atoms with Gasteiger partial charge in [-0.1, -0.05) is 66.4 Å². The SMILES string of the molecule is COc1cc([C@@H]2C(C(=O)Nc3ccccc3)=C(C)Nc3nc(SCc4ccccc4)nn32)ccc1O. The number of nitrogens with one attached hydrogen (secondary N) is 2. The van der Waals surface area contributed by atoms with Gasteiger partial charge >= 0.3 is 0 Å². The van der Waals surface area contributed by atoms with E-state index in [0.29, 0.717) is 33.8 Å². The summed E-state index contributed by atoms with van der Waals surface area (Å²) >= 11 is 1.52. The number of benzene rings is 3. The molecule has 182 valence electrons. The summed E-state index contributed by atoms with van der Waals surface area (Å²) in [6, 6.07) is 23.9. The number of fused-ring (bicyclic) bond motifs is 1. The number of thioether (sulfide) groups is 1. The van der Waals surface area contributed by atoms with E-state index in [1.165, 1.54) is 24.4 Å². The first-order chi connectivity index (χ1) is 17.5. The molecular formula is C27H25N5O3S. The predicted molar refractivity (Wildman–Crippen MR) is 140 cm³/mol. The number of phenols is 1. The molecule has 5 rings (SSSR count). The van der Waals surface area contributed by atoms with Gasteiger partial charge in [0.15, 0.2) is 11.5 Å². The van der Waals surface area contributed by atoms with Crippen molar-refractivity contribution >= 4 is 29.3 Å². The highest BCUT2D eigenvalue weighted by Gasteiger charge is 2.35. The van der Waals surface area contributed by atoms with Crippen LogP contribution in [0.3, 0.4) is 0 Å². The third-order valence-corrected chi connectivity index (χ3v) is 6.75. The number of ether oxygens (including phenoxy) is 1. The number of hydrogen-bond acceptors (Lipinski definition) is 7. The van der Waals surface area contributed by atoms with Gasteiger partial charge in [-0.25, -0.2) is 4.68 Å². The molecule has 0 unspecified atom stereocenters. The van der Waals surface area contributed by atoms with Gasteiger partial charge in [0.05, 0.1) is 12.7 Å². The monoisotopic (exact) mass is 499 g/mol. The first kappa shape index (κ1) is 23.5. The Morgan fingerprint density at radius 2 is 1.83 bits per heavy atom. The molecule has 36 heavy (non-hydrogen) atoms. The van der Waals surface area contributed by atoms with E-state index in [-0.39, 0.29) is 11.7 Å². The van der Waals surface area contributed by atoms with E-state index in [0.717, 1.165) is 11.3 Å². The highest BCUT2D eigenvalue weighted by Crippen LogP contribution is 2.39. The minimum absolute atomic E-state index is 0.0177. The maximum Gasteiger partial charge on any atom is 0.255 e. The fourth-order valence-corrected chi connectivity index (χ4v) is 4.89. The van der Waals surface area contributed by atoms with Crippen LogP contribution in [0.2, 0.25) is 0 Å². The molecule has 0 radical (unpaired) electrons. The summed E-state index contributed by atoms with van der Waals surface area (Å²) < 4.78 is 7.06. The zero-order valence-electron chi connectivity index (χ0n) is 19.8. The number of carbonyl (C=O) groups excluding carboxylic acids is 1. The lowest BCUT2D eigenvalue weighted by Gasteiger charge is -2.29. The zero-order chi connectivity index (χ0) is 25.1. The molecule has 1 aliphatic rings. The summed E-state index contributed by atoms with van der Waals surface area (Å²) in [6.07, 6.45) is 0. The van der Waals surface area contributed by atoms with Crippen LogP contribution in [0.4, 0.5) is 11.6 Å². The van der Waals surface area contributed by atoms with Crippen LogP contribution < -0.4 is 15.4 Å². The first-order valence-corrected chi connectivity index (χ1v) is 12.4. The Hall–Kier alpha value is -4.24. The Labute approximate surface area is 213 Å². The highest BCUT2D eigenvalue weighted by atomic mass is 32.2. The molecule has 1 amide bonds. The molecule has 8 nitrogen and oxygen atoms in total. The van der Waals surface area contributed by atoms with Crippen LogP contribution >= 0.6 is 11.8 Å². The fraction of sp³-hybridized carbons (Fsp3) is 0.148. The van der Waals surface area contributed by atoms with Gasteiger partial charge in [0.25, 0.3) is 5.91 Å². The Morgan fingerprint density at radius 1 is 1.11 bits per heavy atom. The largest absolute Gasteiger partial charge is 0.504 e. The number of allylic oxidation sites excluding steroid dienone is 1.